The van der Waals surface area contributed by atoms with Crippen LogP contribution in [0.3, 0.4) is 0 Å². The molecule has 1 aromatic rings. The van der Waals surface area contributed by atoms with Gasteiger partial charge in [-0.1, -0.05) is 12.2 Å². The van der Waals surface area contributed by atoms with Crippen LogP contribution in [-0.2, 0) is 0 Å². The molecule has 0 spiro atoms. The van der Waals surface area contributed by atoms with Gasteiger partial charge in [-0.2, -0.15) is 0 Å². The molecule has 0 aromatic carbocycles. The minimum atomic E-state index is -0.711. The van der Waals surface area contributed by atoms with E-state index in [-0.39, 0.29) is 5.69 Å². The molecule has 1 atom stereocenters. The number of rotatable bonds is 7. The van der Waals surface area contributed by atoms with Gasteiger partial charge in [-0.25, -0.2) is 0 Å². The quantitative estimate of drug-likeness (QED) is 0.469. The Hall–Kier alpha value is -1.66. The Kier molecular flexibility index (Phi) is 5.06. The SMILES string of the molecule is C=CCN(CC=C)c1sc(C(C)O)cc1[N+](=O)[O-]. The van der Waals surface area contributed by atoms with Gasteiger partial charge < -0.3 is 10.0 Å². The molecule has 0 amide bonds. The lowest BCUT2D eigenvalue weighted by atomic mass is 10.3. The summed E-state index contributed by atoms with van der Waals surface area (Å²) in [6.07, 6.45) is 2.64. The predicted octanol–water partition coefficient (Wildman–Crippen LogP) is 2.89. The van der Waals surface area contributed by atoms with Crippen molar-refractivity contribution in [3.05, 3.63) is 46.4 Å². The topological polar surface area (TPSA) is 66.6 Å². The fourth-order valence-corrected chi connectivity index (χ4v) is 2.59. The van der Waals surface area contributed by atoms with Crippen molar-refractivity contribution in [2.45, 2.75) is 13.0 Å². The molecule has 0 bridgehead atoms. The van der Waals surface area contributed by atoms with Crippen LogP contribution in [0.25, 0.3) is 0 Å². The summed E-state index contributed by atoms with van der Waals surface area (Å²) < 4.78 is 0. The van der Waals surface area contributed by atoms with Crippen LogP contribution in [0.4, 0.5) is 10.7 Å². The van der Waals surface area contributed by atoms with E-state index >= 15 is 0 Å². The van der Waals surface area contributed by atoms with Crippen molar-refractivity contribution >= 4 is 22.0 Å². The molecule has 1 heterocycles. The zero-order valence-electron chi connectivity index (χ0n) is 10.2. The molecule has 6 heteroatoms. The fourth-order valence-electron chi connectivity index (χ4n) is 1.51. The van der Waals surface area contributed by atoms with Gasteiger partial charge in [0.1, 0.15) is 0 Å². The average Bonchev–Trinajstić information content (AvgIpc) is 2.73. The number of aliphatic hydroxyl groups excluding tert-OH is 1. The highest BCUT2D eigenvalue weighted by atomic mass is 32.1. The molecule has 0 saturated carbocycles. The van der Waals surface area contributed by atoms with Gasteiger partial charge in [0.05, 0.1) is 11.0 Å². The Morgan fingerprint density at radius 2 is 2.11 bits per heavy atom. The lowest BCUT2D eigenvalue weighted by Gasteiger charge is -2.18. The van der Waals surface area contributed by atoms with Crippen molar-refractivity contribution in [3.8, 4) is 0 Å². The second-order valence-corrected chi connectivity index (χ2v) is 4.82. The molecular weight excluding hydrogens is 252 g/mol. The van der Waals surface area contributed by atoms with E-state index in [2.05, 4.69) is 13.2 Å². The smallest absolute Gasteiger partial charge is 0.304 e. The van der Waals surface area contributed by atoms with E-state index in [1.54, 1.807) is 24.0 Å². The highest BCUT2D eigenvalue weighted by molar-refractivity contribution is 7.16. The number of aliphatic hydroxyl groups is 1. The van der Waals surface area contributed by atoms with Gasteiger partial charge in [0.15, 0.2) is 5.00 Å². The van der Waals surface area contributed by atoms with E-state index in [1.807, 2.05) is 0 Å². The maximum atomic E-state index is 11.0. The van der Waals surface area contributed by atoms with Crippen molar-refractivity contribution in [2.75, 3.05) is 18.0 Å². The predicted molar refractivity (Wildman–Crippen MR) is 74.2 cm³/mol. The second-order valence-electron chi connectivity index (χ2n) is 3.75. The molecular formula is C12H16N2O3S. The van der Waals surface area contributed by atoms with Gasteiger partial charge in [-0.15, -0.1) is 24.5 Å². The Labute approximate surface area is 110 Å². The Balaban J connectivity index is 3.21. The number of nitrogens with zero attached hydrogens (tertiary/aromatic N) is 2. The molecule has 5 nitrogen and oxygen atoms in total. The first-order valence-corrected chi connectivity index (χ1v) is 6.25. The van der Waals surface area contributed by atoms with Crippen LogP contribution in [0.5, 0.6) is 0 Å². The van der Waals surface area contributed by atoms with Crippen molar-refractivity contribution < 1.29 is 10.0 Å². The lowest BCUT2D eigenvalue weighted by Crippen LogP contribution is -2.22. The first kappa shape index (κ1) is 14.4. The third kappa shape index (κ3) is 3.18. The normalized spacial score (nSPS) is 11.9. The summed E-state index contributed by atoms with van der Waals surface area (Å²) in [5.41, 5.74) is 0.0135. The summed E-state index contributed by atoms with van der Waals surface area (Å²) in [5.74, 6) is 0. The van der Waals surface area contributed by atoms with E-state index < -0.39 is 11.0 Å². The Bertz CT molecular complexity index is 444. The van der Waals surface area contributed by atoms with Crippen LogP contribution in [0.15, 0.2) is 31.4 Å². The molecule has 0 aliphatic heterocycles. The zero-order valence-corrected chi connectivity index (χ0v) is 11.0. The second kappa shape index (κ2) is 6.32. The number of hydrogen-bond donors (Lipinski definition) is 1. The lowest BCUT2D eigenvalue weighted by molar-refractivity contribution is -0.383. The summed E-state index contributed by atoms with van der Waals surface area (Å²) in [6.45, 7) is 9.84. The number of anilines is 1. The highest BCUT2D eigenvalue weighted by Crippen LogP contribution is 2.40. The molecule has 0 fully saturated rings. The Morgan fingerprint density at radius 1 is 1.56 bits per heavy atom. The zero-order chi connectivity index (χ0) is 13.7. The summed E-state index contributed by atoms with van der Waals surface area (Å²) in [5, 5.41) is 21.1. The van der Waals surface area contributed by atoms with Crippen molar-refractivity contribution in [2.24, 2.45) is 0 Å². The molecule has 18 heavy (non-hydrogen) atoms. The van der Waals surface area contributed by atoms with Crippen molar-refractivity contribution in [3.63, 3.8) is 0 Å². The van der Waals surface area contributed by atoms with Gasteiger partial charge in [-0.05, 0) is 6.92 Å². The fraction of sp³-hybridized carbons (Fsp3) is 0.333. The highest BCUT2D eigenvalue weighted by Gasteiger charge is 2.24. The molecule has 98 valence electrons. The van der Waals surface area contributed by atoms with Crippen LogP contribution in [0, 0.1) is 10.1 Å². The maximum absolute atomic E-state index is 11.0. The van der Waals surface area contributed by atoms with E-state index in [1.165, 1.54) is 17.4 Å². The summed E-state index contributed by atoms with van der Waals surface area (Å²) in [6, 6.07) is 1.42. The Morgan fingerprint density at radius 3 is 2.50 bits per heavy atom. The molecule has 0 aliphatic rings. The van der Waals surface area contributed by atoms with Crippen molar-refractivity contribution in [1.82, 2.24) is 0 Å². The summed E-state index contributed by atoms with van der Waals surface area (Å²) in [7, 11) is 0. The van der Waals surface area contributed by atoms with E-state index in [0.29, 0.717) is 23.0 Å². The molecule has 1 rings (SSSR count). The molecule has 0 saturated heterocycles. The number of hydrogen-bond acceptors (Lipinski definition) is 5. The van der Waals surface area contributed by atoms with Crippen LogP contribution in [0.1, 0.15) is 17.9 Å². The minimum absolute atomic E-state index is 0.0135. The average molecular weight is 268 g/mol. The van der Waals surface area contributed by atoms with Gasteiger partial charge in [0, 0.05) is 24.0 Å². The minimum Gasteiger partial charge on any atom is -0.388 e. The first-order chi connectivity index (χ1) is 8.51. The van der Waals surface area contributed by atoms with Gasteiger partial charge in [0.2, 0.25) is 0 Å². The van der Waals surface area contributed by atoms with Gasteiger partial charge in [-0.3, -0.25) is 10.1 Å². The number of thiophene rings is 1. The van der Waals surface area contributed by atoms with Gasteiger partial charge in [0.25, 0.3) is 0 Å². The molecule has 1 N–H and O–H groups in total. The van der Waals surface area contributed by atoms with Crippen LogP contribution >= 0.6 is 11.3 Å². The van der Waals surface area contributed by atoms with E-state index in [9.17, 15) is 15.2 Å². The maximum Gasteiger partial charge on any atom is 0.304 e. The monoisotopic (exact) mass is 268 g/mol. The van der Waals surface area contributed by atoms with Crippen LogP contribution in [-0.4, -0.2) is 23.1 Å². The van der Waals surface area contributed by atoms with Crippen LogP contribution < -0.4 is 4.90 Å². The summed E-state index contributed by atoms with van der Waals surface area (Å²) >= 11 is 1.22. The van der Waals surface area contributed by atoms with Crippen molar-refractivity contribution in [1.29, 1.82) is 0 Å². The molecule has 1 aromatic heterocycles. The largest absolute Gasteiger partial charge is 0.388 e. The van der Waals surface area contributed by atoms with Gasteiger partial charge >= 0.3 is 5.69 Å². The van der Waals surface area contributed by atoms with E-state index in [4.69, 9.17) is 0 Å². The summed E-state index contributed by atoms with van der Waals surface area (Å²) in [4.78, 5) is 13.0. The third-order valence-electron chi connectivity index (χ3n) is 2.31. The first-order valence-electron chi connectivity index (χ1n) is 5.44. The molecule has 0 radical (unpaired) electrons. The molecule has 0 aliphatic carbocycles. The molecule has 1 unspecified atom stereocenters. The van der Waals surface area contributed by atoms with Crippen LogP contribution in [0.2, 0.25) is 0 Å². The standard InChI is InChI=1S/C12H16N2O3S/c1-4-6-13(7-5-2)12-10(14(16)17)8-11(18-12)9(3)15/h4-5,8-9,15H,1-2,6-7H2,3H3. The number of nitro groups is 1. The third-order valence-corrected chi connectivity index (χ3v) is 3.66. The van der Waals surface area contributed by atoms with E-state index in [0.717, 1.165) is 0 Å².